The molecule has 7 nitrogen and oxygen atoms in total. The van der Waals surface area contributed by atoms with Crippen molar-refractivity contribution >= 4 is 28.6 Å². The first-order valence-corrected chi connectivity index (χ1v) is 6.38. The number of nitrogens with one attached hydrogen (secondary N) is 3. The number of anilines is 3. The van der Waals surface area contributed by atoms with E-state index in [0.29, 0.717) is 34.2 Å². The van der Waals surface area contributed by atoms with Gasteiger partial charge in [0, 0.05) is 7.05 Å². The van der Waals surface area contributed by atoms with Crippen LogP contribution in [-0.2, 0) is 0 Å². The van der Waals surface area contributed by atoms with Crippen molar-refractivity contribution in [1.29, 1.82) is 5.26 Å². The van der Waals surface area contributed by atoms with Crippen molar-refractivity contribution in [2.45, 2.75) is 6.92 Å². The summed E-state index contributed by atoms with van der Waals surface area (Å²) in [6.45, 7) is 1.90. The molecule has 3 rings (SSSR count). The van der Waals surface area contributed by atoms with Crippen molar-refractivity contribution in [3.63, 3.8) is 0 Å². The summed E-state index contributed by atoms with van der Waals surface area (Å²) in [5.74, 6) is 1.03. The maximum atomic E-state index is 9.30. The van der Waals surface area contributed by atoms with Gasteiger partial charge >= 0.3 is 0 Å². The molecule has 0 radical (unpaired) electrons. The first-order chi connectivity index (χ1) is 10.2. The summed E-state index contributed by atoms with van der Waals surface area (Å²) in [4.78, 5) is 15.8. The monoisotopic (exact) mass is 279 g/mol. The molecular formula is C14H13N7. The first kappa shape index (κ1) is 12.9. The molecule has 7 heteroatoms. The smallest absolute Gasteiger partial charge is 0.226 e. The van der Waals surface area contributed by atoms with E-state index in [-0.39, 0.29) is 0 Å². The highest BCUT2D eigenvalue weighted by Crippen LogP contribution is 2.26. The Hall–Kier alpha value is -3.14. The Balaban J connectivity index is 2.12. The second kappa shape index (κ2) is 5.09. The molecule has 3 N–H and O–H groups in total. The molecule has 0 saturated carbocycles. The summed E-state index contributed by atoms with van der Waals surface area (Å²) in [7, 11) is 1.74. The highest BCUT2D eigenvalue weighted by molar-refractivity contribution is 5.86. The topological polar surface area (TPSA) is 102 Å². The van der Waals surface area contributed by atoms with Gasteiger partial charge in [0.2, 0.25) is 5.95 Å². The second-order valence-electron chi connectivity index (χ2n) is 4.48. The summed E-state index contributed by atoms with van der Waals surface area (Å²) in [5, 5.41) is 15.4. The maximum absolute atomic E-state index is 9.30. The van der Waals surface area contributed by atoms with E-state index in [2.05, 4.69) is 36.6 Å². The fraction of sp³-hybridized carbons (Fsp3) is 0.143. The van der Waals surface area contributed by atoms with E-state index in [1.807, 2.05) is 25.1 Å². The highest BCUT2D eigenvalue weighted by Gasteiger charge is 2.12. The summed E-state index contributed by atoms with van der Waals surface area (Å²) in [5.41, 5.74) is 3.46. The van der Waals surface area contributed by atoms with Gasteiger partial charge in [-0.2, -0.15) is 15.2 Å². The molecule has 2 heterocycles. The standard InChI is InChI=1S/C14H13N7/c1-8-4-3-5-10(9(8)6-15)19-13-11-12(18-7-17-11)20-14(16-2)21-13/h3-5,7H,1-2H3,(H3,16,17,18,19,20,21). The average Bonchev–Trinajstić information content (AvgIpc) is 2.96. The van der Waals surface area contributed by atoms with Crippen molar-refractivity contribution in [3.05, 3.63) is 35.7 Å². The third-order valence-electron chi connectivity index (χ3n) is 3.15. The van der Waals surface area contributed by atoms with Gasteiger partial charge in [0.05, 0.1) is 17.6 Å². The van der Waals surface area contributed by atoms with Gasteiger partial charge < -0.3 is 15.6 Å². The minimum Gasteiger partial charge on any atom is -0.357 e. The molecule has 0 aliphatic rings. The molecule has 0 aliphatic carbocycles. The molecule has 0 saturated heterocycles. The first-order valence-electron chi connectivity index (χ1n) is 6.38. The molecule has 3 aromatic rings. The molecule has 2 aromatic heterocycles. The molecule has 0 aliphatic heterocycles. The number of nitrogens with zero attached hydrogens (tertiary/aromatic N) is 4. The summed E-state index contributed by atoms with van der Waals surface area (Å²) < 4.78 is 0. The Labute approximate surface area is 121 Å². The van der Waals surface area contributed by atoms with E-state index in [0.717, 1.165) is 5.56 Å². The Kier molecular flexibility index (Phi) is 3.12. The van der Waals surface area contributed by atoms with Crippen molar-refractivity contribution in [2.24, 2.45) is 0 Å². The van der Waals surface area contributed by atoms with E-state index in [9.17, 15) is 5.26 Å². The zero-order valence-corrected chi connectivity index (χ0v) is 11.6. The molecule has 0 atom stereocenters. The van der Waals surface area contributed by atoms with Gasteiger partial charge in [-0.15, -0.1) is 0 Å². The van der Waals surface area contributed by atoms with Crippen LogP contribution in [0.3, 0.4) is 0 Å². The minimum absolute atomic E-state index is 0.461. The van der Waals surface area contributed by atoms with Gasteiger partial charge in [0.15, 0.2) is 11.5 Å². The lowest BCUT2D eigenvalue weighted by molar-refractivity contribution is 1.18. The number of hydrogen-bond donors (Lipinski definition) is 3. The Morgan fingerprint density at radius 1 is 1.29 bits per heavy atom. The molecule has 21 heavy (non-hydrogen) atoms. The van der Waals surface area contributed by atoms with Crippen molar-refractivity contribution in [1.82, 2.24) is 19.9 Å². The number of fused-ring (bicyclic) bond motifs is 1. The highest BCUT2D eigenvalue weighted by atomic mass is 15.2. The molecule has 0 fully saturated rings. The van der Waals surface area contributed by atoms with Crippen LogP contribution in [-0.4, -0.2) is 27.0 Å². The van der Waals surface area contributed by atoms with Crippen LogP contribution in [0.2, 0.25) is 0 Å². The molecule has 0 unspecified atom stereocenters. The normalized spacial score (nSPS) is 10.3. The van der Waals surface area contributed by atoms with Crippen LogP contribution >= 0.6 is 0 Å². The number of benzene rings is 1. The number of rotatable bonds is 3. The molecule has 0 amide bonds. The number of hydrogen-bond acceptors (Lipinski definition) is 6. The summed E-state index contributed by atoms with van der Waals surface area (Å²) in [6, 6.07) is 7.84. The summed E-state index contributed by atoms with van der Waals surface area (Å²) >= 11 is 0. The van der Waals surface area contributed by atoms with Crippen LogP contribution in [0.25, 0.3) is 11.2 Å². The van der Waals surface area contributed by atoms with Crippen LogP contribution in [0, 0.1) is 18.3 Å². The molecule has 104 valence electrons. The SMILES string of the molecule is CNc1nc(Nc2cccc(C)c2C#N)c2[nH]cnc2n1. The van der Waals surface area contributed by atoms with E-state index in [1.54, 1.807) is 13.4 Å². The lowest BCUT2D eigenvalue weighted by Crippen LogP contribution is -2.03. The Bertz CT molecular complexity index is 844. The molecule has 1 aromatic carbocycles. The van der Waals surface area contributed by atoms with E-state index in [4.69, 9.17) is 0 Å². The van der Waals surface area contributed by atoms with Crippen molar-refractivity contribution in [3.8, 4) is 6.07 Å². The van der Waals surface area contributed by atoms with Gasteiger partial charge in [0.25, 0.3) is 0 Å². The second-order valence-corrected chi connectivity index (χ2v) is 4.48. The fourth-order valence-electron chi connectivity index (χ4n) is 2.08. The van der Waals surface area contributed by atoms with E-state index >= 15 is 0 Å². The zero-order chi connectivity index (χ0) is 14.8. The van der Waals surface area contributed by atoms with Crippen LogP contribution in [0.4, 0.5) is 17.5 Å². The average molecular weight is 279 g/mol. The molecular weight excluding hydrogens is 266 g/mol. The number of nitriles is 1. The zero-order valence-electron chi connectivity index (χ0n) is 11.6. The van der Waals surface area contributed by atoms with Crippen LogP contribution in [0.5, 0.6) is 0 Å². The predicted octanol–water partition coefficient (Wildman–Crippen LogP) is 2.32. The molecule has 0 spiro atoms. The van der Waals surface area contributed by atoms with Crippen molar-refractivity contribution < 1.29 is 0 Å². The largest absolute Gasteiger partial charge is 0.357 e. The summed E-state index contributed by atoms with van der Waals surface area (Å²) in [6.07, 6.45) is 1.56. The third-order valence-corrected chi connectivity index (χ3v) is 3.15. The number of imidazole rings is 1. The van der Waals surface area contributed by atoms with Crippen LogP contribution < -0.4 is 10.6 Å². The number of aromatic amines is 1. The third kappa shape index (κ3) is 2.23. The van der Waals surface area contributed by atoms with Gasteiger partial charge in [-0.25, -0.2) is 4.98 Å². The van der Waals surface area contributed by atoms with Gasteiger partial charge in [-0.05, 0) is 18.6 Å². The lowest BCUT2D eigenvalue weighted by Gasteiger charge is -2.10. The van der Waals surface area contributed by atoms with Crippen LogP contribution in [0.1, 0.15) is 11.1 Å². The van der Waals surface area contributed by atoms with E-state index in [1.165, 1.54) is 0 Å². The Morgan fingerprint density at radius 2 is 2.14 bits per heavy atom. The quantitative estimate of drug-likeness (QED) is 0.680. The van der Waals surface area contributed by atoms with Crippen molar-refractivity contribution in [2.75, 3.05) is 17.7 Å². The van der Waals surface area contributed by atoms with Crippen LogP contribution in [0.15, 0.2) is 24.5 Å². The number of H-pyrrole nitrogens is 1. The molecule has 0 bridgehead atoms. The lowest BCUT2D eigenvalue weighted by atomic mass is 10.1. The van der Waals surface area contributed by atoms with Gasteiger partial charge in [-0.1, -0.05) is 12.1 Å². The van der Waals surface area contributed by atoms with Gasteiger partial charge in [0.1, 0.15) is 11.6 Å². The fourth-order valence-corrected chi connectivity index (χ4v) is 2.08. The maximum Gasteiger partial charge on any atom is 0.226 e. The predicted molar refractivity (Wildman–Crippen MR) is 80.4 cm³/mol. The Morgan fingerprint density at radius 3 is 2.90 bits per heavy atom. The number of aromatic nitrogens is 4. The number of aryl methyl sites for hydroxylation is 1. The van der Waals surface area contributed by atoms with Gasteiger partial charge in [-0.3, -0.25) is 0 Å². The van der Waals surface area contributed by atoms with E-state index < -0.39 is 0 Å². The minimum atomic E-state index is 0.461.